The molecule has 1 aromatic heterocycles. The molecule has 0 radical (unpaired) electrons. The number of aromatic nitrogens is 2. The van der Waals surface area contributed by atoms with Crippen LogP contribution in [0.4, 0.5) is 0 Å². The molecular formula is C10H16N4O2. The van der Waals surface area contributed by atoms with E-state index in [0.717, 1.165) is 13.0 Å². The maximum atomic E-state index is 11.8. The predicted octanol–water partition coefficient (Wildman–Crippen LogP) is -0.00778. The Morgan fingerprint density at radius 3 is 3.06 bits per heavy atom. The van der Waals surface area contributed by atoms with Crippen molar-refractivity contribution in [2.45, 2.75) is 32.9 Å². The van der Waals surface area contributed by atoms with Gasteiger partial charge in [0.15, 0.2) is 5.82 Å². The molecule has 0 aliphatic carbocycles. The molecule has 1 aromatic rings. The topological polar surface area (TPSA) is 80.0 Å². The molecule has 1 amide bonds. The van der Waals surface area contributed by atoms with E-state index in [2.05, 4.69) is 27.7 Å². The van der Waals surface area contributed by atoms with Gasteiger partial charge in [0.1, 0.15) is 0 Å². The van der Waals surface area contributed by atoms with Crippen molar-refractivity contribution < 1.29 is 9.32 Å². The van der Waals surface area contributed by atoms with E-state index in [1.807, 2.05) is 0 Å². The molecule has 2 N–H and O–H groups in total. The molecule has 1 saturated heterocycles. The zero-order valence-electron chi connectivity index (χ0n) is 9.49. The number of rotatable bonds is 3. The first kappa shape index (κ1) is 11.1. The molecule has 2 unspecified atom stereocenters. The molecule has 88 valence electrons. The third-order valence-corrected chi connectivity index (χ3v) is 2.81. The predicted molar refractivity (Wildman–Crippen MR) is 56.5 cm³/mol. The molecule has 2 rings (SSSR count). The number of carbonyl (C=O) groups excluding carboxylic acids is 1. The fraction of sp³-hybridized carbons (Fsp3) is 0.700. The van der Waals surface area contributed by atoms with Gasteiger partial charge < -0.3 is 15.2 Å². The number of carbonyl (C=O) groups is 1. The summed E-state index contributed by atoms with van der Waals surface area (Å²) in [5.74, 6) is 1.41. The summed E-state index contributed by atoms with van der Waals surface area (Å²) in [7, 11) is 0. The largest absolute Gasteiger partial charge is 0.347 e. The van der Waals surface area contributed by atoms with Gasteiger partial charge in [0.05, 0.1) is 12.6 Å². The Labute approximate surface area is 93.8 Å². The normalized spacial score (nSPS) is 24.6. The minimum Gasteiger partial charge on any atom is -0.347 e. The summed E-state index contributed by atoms with van der Waals surface area (Å²) in [5.41, 5.74) is 0. The van der Waals surface area contributed by atoms with Crippen LogP contribution in [-0.2, 0) is 11.3 Å². The first-order chi connectivity index (χ1) is 7.66. The maximum absolute atomic E-state index is 11.8. The third kappa shape index (κ3) is 2.38. The molecule has 1 aliphatic heterocycles. The number of nitrogens with one attached hydrogen (secondary N) is 2. The lowest BCUT2D eigenvalue weighted by atomic mass is 10.0. The zero-order valence-corrected chi connectivity index (χ0v) is 9.49. The smallest absolute Gasteiger partial charge is 0.237 e. The summed E-state index contributed by atoms with van der Waals surface area (Å²) in [5, 5.41) is 9.68. The summed E-state index contributed by atoms with van der Waals surface area (Å²) >= 11 is 0. The second-order valence-corrected chi connectivity index (χ2v) is 4.15. The van der Waals surface area contributed by atoms with Gasteiger partial charge >= 0.3 is 0 Å². The number of amides is 1. The second-order valence-electron chi connectivity index (χ2n) is 4.15. The van der Waals surface area contributed by atoms with Crippen molar-refractivity contribution in [1.29, 1.82) is 0 Å². The number of hydrogen-bond acceptors (Lipinski definition) is 5. The molecule has 1 aliphatic rings. The number of nitrogens with zero attached hydrogens (tertiary/aromatic N) is 2. The summed E-state index contributed by atoms with van der Waals surface area (Å²) in [6.45, 7) is 5.02. The van der Waals surface area contributed by atoms with Crippen molar-refractivity contribution in [3.05, 3.63) is 11.7 Å². The quantitative estimate of drug-likeness (QED) is 0.755. The van der Waals surface area contributed by atoms with Gasteiger partial charge in [-0.25, -0.2) is 0 Å². The lowest BCUT2D eigenvalue weighted by Gasteiger charge is -2.14. The van der Waals surface area contributed by atoms with Gasteiger partial charge in [-0.15, -0.1) is 0 Å². The molecule has 0 aromatic carbocycles. The van der Waals surface area contributed by atoms with E-state index in [1.54, 1.807) is 6.92 Å². The summed E-state index contributed by atoms with van der Waals surface area (Å²) in [6, 6.07) is -0.0898. The standard InChI is InChI=1S/C10H16N4O2/c1-6-3-4-11-9(6)10(15)12-5-8-13-7(2)16-14-8/h6,9,11H,3-5H2,1-2H3,(H,12,15). The summed E-state index contributed by atoms with van der Waals surface area (Å²) in [6.07, 6.45) is 1.04. The molecule has 1 fully saturated rings. The Morgan fingerprint density at radius 1 is 1.69 bits per heavy atom. The van der Waals surface area contributed by atoms with E-state index >= 15 is 0 Å². The third-order valence-electron chi connectivity index (χ3n) is 2.81. The first-order valence-corrected chi connectivity index (χ1v) is 5.47. The SMILES string of the molecule is Cc1nc(CNC(=O)C2NCCC2C)no1. The van der Waals surface area contributed by atoms with Crippen LogP contribution in [0.2, 0.25) is 0 Å². The van der Waals surface area contributed by atoms with E-state index < -0.39 is 0 Å². The molecule has 6 heteroatoms. The number of aryl methyl sites for hydroxylation is 1. The van der Waals surface area contributed by atoms with E-state index in [0.29, 0.717) is 24.2 Å². The van der Waals surface area contributed by atoms with E-state index in [-0.39, 0.29) is 11.9 Å². The number of hydrogen-bond donors (Lipinski definition) is 2. The van der Waals surface area contributed by atoms with Crippen LogP contribution in [0, 0.1) is 12.8 Å². The highest BCUT2D eigenvalue weighted by Crippen LogP contribution is 2.14. The Kier molecular flexibility index (Phi) is 3.19. The van der Waals surface area contributed by atoms with Crippen LogP contribution in [0.15, 0.2) is 4.52 Å². The second kappa shape index (κ2) is 4.61. The Balaban J connectivity index is 1.83. The van der Waals surface area contributed by atoms with Crippen molar-refractivity contribution in [2.24, 2.45) is 5.92 Å². The van der Waals surface area contributed by atoms with Gasteiger partial charge in [-0.2, -0.15) is 4.98 Å². The molecule has 2 atom stereocenters. The summed E-state index contributed by atoms with van der Waals surface area (Å²) in [4.78, 5) is 15.8. The van der Waals surface area contributed by atoms with Crippen molar-refractivity contribution in [2.75, 3.05) is 6.54 Å². The lowest BCUT2D eigenvalue weighted by Crippen LogP contribution is -2.43. The average molecular weight is 224 g/mol. The van der Waals surface area contributed by atoms with Crippen LogP contribution in [0.1, 0.15) is 25.1 Å². The summed E-state index contributed by atoms with van der Waals surface area (Å²) < 4.78 is 4.82. The van der Waals surface area contributed by atoms with Gasteiger partial charge in [0, 0.05) is 6.92 Å². The highest BCUT2D eigenvalue weighted by Gasteiger charge is 2.28. The van der Waals surface area contributed by atoms with Crippen LogP contribution >= 0.6 is 0 Å². The van der Waals surface area contributed by atoms with Crippen molar-refractivity contribution >= 4 is 5.91 Å². The van der Waals surface area contributed by atoms with Gasteiger partial charge in [0.2, 0.25) is 11.8 Å². The zero-order chi connectivity index (χ0) is 11.5. The van der Waals surface area contributed by atoms with Crippen molar-refractivity contribution in [3.8, 4) is 0 Å². The first-order valence-electron chi connectivity index (χ1n) is 5.47. The molecule has 2 heterocycles. The lowest BCUT2D eigenvalue weighted by molar-refractivity contribution is -0.123. The van der Waals surface area contributed by atoms with Gasteiger partial charge in [-0.3, -0.25) is 4.79 Å². The molecule has 0 spiro atoms. The highest BCUT2D eigenvalue weighted by molar-refractivity contribution is 5.82. The fourth-order valence-electron chi connectivity index (χ4n) is 1.87. The van der Waals surface area contributed by atoms with Crippen LogP contribution in [0.25, 0.3) is 0 Å². The van der Waals surface area contributed by atoms with Crippen LogP contribution < -0.4 is 10.6 Å². The minimum absolute atomic E-state index is 0.00690. The monoisotopic (exact) mass is 224 g/mol. The Bertz CT molecular complexity index is 377. The van der Waals surface area contributed by atoms with Gasteiger partial charge in [-0.1, -0.05) is 12.1 Å². The molecular weight excluding hydrogens is 208 g/mol. The molecule has 0 bridgehead atoms. The van der Waals surface area contributed by atoms with Crippen molar-refractivity contribution in [3.63, 3.8) is 0 Å². The molecule has 0 saturated carbocycles. The average Bonchev–Trinajstić information content (AvgIpc) is 2.84. The van der Waals surface area contributed by atoms with Crippen molar-refractivity contribution in [1.82, 2.24) is 20.8 Å². The van der Waals surface area contributed by atoms with E-state index in [9.17, 15) is 4.79 Å². The van der Waals surface area contributed by atoms with Gasteiger partial charge in [-0.05, 0) is 18.9 Å². The van der Waals surface area contributed by atoms with Crippen LogP contribution in [0.5, 0.6) is 0 Å². The molecule has 6 nitrogen and oxygen atoms in total. The Hall–Kier alpha value is -1.43. The minimum atomic E-state index is -0.0898. The van der Waals surface area contributed by atoms with Crippen LogP contribution in [0.3, 0.4) is 0 Å². The molecule has 16 heavy (non-hydrogen) atoms. The fourth-order valence-corrected chi connectivity index (χ4v) is 1.87. The Morgan fingerprint density at radius 2 is 2.50 bits per heavy atom. The maximum Gasteiger partial charge on any atom is 0.237 e. The van der Waals surface area contributed by atoms with Gasteiger partial charge in [0.25, 0.3) is 0 Å². The highest BCUT2D eigenvalue weighted by atomic mass is 16.5. The van der Waals surface area contributed by atoms with E-state index in [4.69, 9.17) is 4.52 Å². The van der Waals surface area contributed by atoms with Crippen LogP contribution in [-0.4, -0.2) is 28.6 Å². The van der Waals surface area contributed by atoms with E-state index in [1.165, 1.54) is 0 Å².